The number of nitrogens with two attached hydrogens (primary N) is 1. The Balaban J connectivity index is 2.08. The lowest BCUT2D eigenvalue weighted by molar-refractivity contribution is 1.18. The summed E-state index contributed by atoms with van der Waals surface area (Å²) in [7, 11) is 0. The first-order valence-corrected chi connectivity index (χ1v) is 7.14. The fraction of sp³-hybridized carbons (Fsp3) is 0.0909. The number of hydrogen-bond donors (Lipinski definition) is 2. The molecule has 0 aliphatic carbocycles. The van der Waals surface area contributed by atoms with Crippen LogP contribution in [-0.2, 0) is 6.54 Å². The lowest BCUT2D eigenvalue weighted by atomic mass is 10.2. The lowest BCUT2D eigenvalue weighted by Gasteiger charge is -2.08. The minimum Gasteiger partial charge on any atom is -0.397 e. The molecule has 3 N–H and O–H groups in total. The molecular weight excluding hydrogens is 352 g/mol. The van der Waals surface area contributed by atoms with Crippen molar-refractivity contribution in [2.24, 2.45) is 0 Å². The van der Waals surface area contributed by atoms with Gasteiger partial charge < -0.3 is 11.1 Å². The number of anilines is 2. The highest BCUT2D eigenvalue weighted by Crippen LogP contribution is 2.26. The Labute approximate surface area is 115 Å². The van der Waals surface area contributed by atoms with Gasteiger partial charge >= 0.3 is 0 Å². The molecular formula is C11H10Br2N2S. The van der Waals surface area contributed by atoms with Crippen molar-refractivity contribution in [1.29, 1.82) is 0 Å². The topological polar surface area (TPSA) is 38.0 Å². The summed E-state index contributed by atoms with van der Waals surface area (Å²) in [6, 6.07) is 7.89. The van der Waals surface area contributed by atoms with E-state index in [1.165, 1.54) is 4.88 Å². The molecule has 2 rings (SSSR count). The zero-order chi connectivity index (χ0) is 11.5. The van der Waals surface area contributed by atoms with Crippen LogP contribution in [-0.4, -0.2) is 0 Å². The molecule has 16 heavy (non-hydrogen) atoms. The van der Waals surface area contributed by atoms with Gasteiger partial charge in [0.15, 0.2) is 0 Å². The minimum absolute atomic E-state index is 0.752. The van der Waals surface area contributed by atoms with Gasteiger partial charge in [-0.25, -0.2) is 0 Å². The smallest absolute Gasteiger partial charge is 0.0577 e. The molecule has 2 nitrogen and oxygen atoms in total. The largest absolute Gasteiger partial charge is 0.397 e. The van der Waals surface area contributed by atoms with Crippen LogP contribution in [0.3, 0.4) is 0 Å². The van der Waals surface area contributed by atoms with Gasteiger partial charge in [0, 0.05) is 13.8 Å². The Morgan fingerprint density at radius 1 is 1.25 bits per heavy atom. The van der Waals surface area contributed by atoms with Gasteiger partial charge in [-0.3, -0.25) is 0 Å². The van der Waals surface area contributed by atoms with E-state index in [-0.39, 0.29) is 0 Å². The molecule has 5 heteroatoms. The summed E-state index contributed by atoms with van der Waals surface area (Å²) in [4.78, 5) is 1.27. The Morgan fingerprint density at radius 2 is 2.06 bits per heavy atom. The highest BCUT2D eigenvalue weighted by atomic mass is 79.9. The lowest BCUT2D eigenvalue weighted by Crippen LogP contribution is -2.01. The molecule has 1 heterocycles. The second-order valence-corrected chi connectivity index (χ2v) is 6.05. The molecule has 0 fully saturated rings. The normalized spacial score (nSPS) is 10.4. The average Bonchev–Trinajstić information content (AvgIpc) is 2.63. The molecule has 0 saturated carbocycles. The maximum Gasteiger partial charge on any atom is 0.0577 e. The summed E-state index contributed by atoms with van der Waals surface area (Å²) in [5.74, 6) is 0. The Bertz CT molecular complexity index is 496. The number of nitrogen functional groups attached to an aromatic ring is 1. The number of benzene rings is 1. The maximum absolute atomic E-state index is 5.90. The van der Waals surface area contributed by atoms with E-state index in [0.29, 0.717) is 0 Å². The van der Waals surface area contributed by atoms with Crippen LogP contribution in [0.2, 0.25) is 0 Å². The van der Waals surface area contributed by atoms with Crippen molar-refractivity contribution >= 4 is 54.6 Å². The molecule has 1 aromatic heterocycles. The van der Waals surface area contributed by atoms with Crippen molar-refractivity contribution < 1.29 is 0 Å². The van der Waals surface area contributed by atoms with E-state index in [1.54, 1.807) is 11.3 Å². The third-order valence-electron chi connectivity index (χ3n) is 2.14. The van der Waals surface area contributed by atoms with Gasteiger partial charge in [0.1, 0.15) is 0 Å². The van der Waals surface area contributed by atoms with Crippen molar-refractivity contribution in [2.45, 2.75) is 6.54 Å². The first kappa shape index (κ1) is 12.0. The number of thiophene rings is 1. The fourth-order valence-electron chi connectivity index (χ4n) is 1.32. The van der Waals surface area contributed by atoms with Crippen molar-refractivity contribution in [1.82, 2.24) is 0 Å². The zero-order valence-corrected chi connectivity index (χ0v) is 12.3. The monoisotopic (exact) mass is 360 g/mol. The number of hydrogen-bond acceptors (Lipinski definition) is 3. The van der Waals surface area contributed by atoms with Crippen LogP contribution >= 0.6 is 43.2 Å². The van der Waals surface area contributed by atoms with E-state index >= 15 is 0 Å². The van der Waals surface area contributed by atoms with Crippen LogP contribution in [0.4, 0.5) is 11.4 Å². The molecule has 0 radical (unpaired) electrons. The molecule has 1 aromatic carbocycles. The molecule has 0 aliphatic heterocycles. The summed E-state index contributed by atoms with van der Waals surface area (Å²) >= 11 is 8.60. The van der Waals surface area contributed by atoms with Gasteiger partial charge in [-0.1, -0.05) is 15.9 Å². The van der Waals surface area contributed by atoms with E-state index in [4.69, 9.17) is 5.73 Å². The maximum atomic E-state index is 5.90. The van der Waals surface area contributed by atoms with Crippen molar-refractivity contribution in [3.63, 3.8) is 0 Å². The number of nitrogens with one attached hydrogen (secondary N) is 1. The molecule has 2 aromatic rings. The minimum atomic E-state index is 0.752. The van der Waals surface area contributed by atoms with Gasteiger partial charge in [0.05, 0.1) is 17.9 Å². The first-order chi connectivity index (χ1) is 7.66. The van der Waals surface area contributed by atoms with Crippen LogP contribution in [0.1, 0.15) is 4.88 Å². The van der Waals surface area contributed by atoms with Gasteiger partial charge in [-0.15, -0.1) is 11.3 Å². The Morgan fingerprint density at radius 3 is 2.69 bits per heavy atom. The molecule has 0 aliphatic rings. The van der Waals surface area contributed by atoms with Crippen molar-refractivity contribution in [2.75, 3.05) is 11.1 Å². The van der Waals surface area contributed by atoms with Gasteiger partial charge in [-0.05, 0) is 45.6 Å². The van der Waals surface area contributed by atoms with E-state index in [0.717, 1.165) is 26.9 Å². The van der Waals surface area contributed by atoms with E-state index < -0.39 is 0 Å². The van der Waals surface area contributed by atoms with E-state index in [9.17, 15) is 0 Å². The summed E-state index contributed by atoms with van der Waals surface area (Å²) in [6.07, 6.45) is 0. The SMILES string of the molecule is Nc1cc(Br)ccc1NCc1sccc1Br. The third kappa shape index (κ3) is 2.78. The zero-order valence-electron chi connectivity index (χ0n) is 8.34. The predicted octanol–water partition coefficient (Wildman–Crippen LogP) is 4.47. The second-order valence-electron chi connectivity index (χ2n) is 3.28. The van der Waals surface area contributed by atoms with Crippen LogP contribution < -0.4 is 11.1 Å². The standard InChI is InChI=1S/C11H10Br2N2S/c12-7-1-2-10(9(14)5-7)15-6-11-8(13)3-4-16-11/h1-5,15H,6,14H2. The van der Waals surface area contributed by atoms with E-state index in [2.05, 4.69) is 42.6 Å². The molecule has 0 bridgehead atoms. The molecule has 0 spiro atoms. The third-order valence-corrected chi connectivity index (χ3v) is 4.56. The predicted molar refractivity (Wildman–Crippen MR) is 77.9 cm³/mol. The molecule has 0 atom stereocenters. The van der Waals surface area contributed by atoms with Crippen LogP contribution in [0.15, 0.2) is 38.6 Å². The second kappa shape index (κ2) is 5.21. The van der Waals surface area contributed by atoms with Crippen LogP contribution in [0.5, 0.6) is 0 Å². The summed E-state index contributed by atoms with van der Waals surface area (Å²) in [5, 5.41) is 5.38. The van der Waals surface area contributed by atoms with Gasteiger partial charge in [0.2, 0.25) is 0 Å². The van der Waals surface area contributed by atoms with Gasteiger partial charge in [0.25, 0.3) is 0 Å². The van der Waals surface area contributed by atoms with Crippen molar-refractivity contribution in [3.05, 3.63) is 43.5 Å². The van der Waals surface area contributed by atoms with E-state index in [1.807, 2.05) is 24.3 Å². The molecule has 84 valence electrons. The van der Waals surface area contributed by atoms with Crippen LogP contribution in [0, 0.1) is 0 Å². The number of halogens is 2. The van der Waals surface area contributed by atoms with Crippen LogP contribution in [0.25, 0.3) is 0 Å². The average molecular weight is 362 g/mol. The summed E-state index contributed by atoms with van der Waals surface area (Å²) in [6.45, 7) is 0.782. The van der Waals surface area contributed by atoms with Crippen molar-refractivity contribution in [3.8, 4) is 0 Å². The highest BCUT2D eigenvalue weighted by Gasteiger charge is 2.03. The highest BCUT2D eigenvalue weighted by molar-refractivity contribution is 9.10. The Hall–Kier alpha value is -0.520. The summed E-state index contributed by atoms with van der Waals surface area (Å²) in [5.41, 5.74) is 7.61. The number of rotatable bonds is 3. The molecule has 0 saturated heterocycles. The first-order valence-electron chi connectivity index (χ1n) is 4.67. The fourth-order valence-corrected chi connectivity index (χ4v) is 3.13. The quantitative estimate of drug-likeness (QED) is 0.791. The molecule has 0 unspecified atom stereocenters. The Kier molecular flexibility index (Phi) is 3.89. The molecule has 0 amide bonds. The summed E-state index contributed by atoms with van der Waals surface area (Å²) < 4.78 is 2.13. The van der Waals surface area contributed by atoms with Gasteiger partial charge in [-0.2, -0.15) is 0 Å².